The Kier molecular flexibility index (Phi) is 4.11. The van der Waals surface area contributed by atoms with Crippen LogP contribution >= 0.6 is 0 Å². The van der Waals surface area contributed by atoms with Crippen LogP contribution < -0.4 is 11.1 Å². The van der Waals surface area contributed by atoms with Gasteiger partial charge < -0.3 is 16.0 Å². The number of aromatic amines is 1. The predicted molar refractivity (Wildman–Crippen MR) is 58.0 cm³/mol. The van der Waals surface area contributed by atoms with Crippen LogP contribution in [0.3, 0.4) is 0 Å². The topological polar surface area (TPSA) is 87.0 Å². The molecule has 0 aliphatic carbocycles. The third kappa shape index (κ3) is 3.99. The van der Waals surface area contributed by atoms with E-state index >= 15 is 0 Å². The molecule has 0 saturated heterocycles. The number of nitrogens with zero attached hydrogens (tertiary/aromatic N) is 2. The number of amides is 1. The Morgan fingerprint density at radius 1 is 1.67 bits per heavy atom. The average Bonchev–Trinajstić information content (AvgIpc) is 2.58. The Balaban J connectivity index is 2.26. The summed E-state index contributed by atoms with van der Waals surface area (Å²) >= 11 is 0. The summed E-state index contributed by atoms with van der Waals surface area (Å²) < 4.78 is 0. The second kappa shape index (κ2) is 5.35. The second-order valence-corrected chi connectivity index (χ2v) is 3.64. The van der Waals surface area contributed by atoms with E-state index in [1.54, 1.807) is 6.20 Å². The highest BCUT2D eigenvalue weighted by Gasteiger charge is 2.04. The number of hydrogen-bond acceptors (Lipinski definition) is 4. The molecule has 6 nitrogen and oxygen atoms in total. The van der Waals surface area contributed by atoms with Crippen molar-refractivity contribution >= 4 is 11.7 Å². The lowest BCUT2D eigenvalue weighted by atomic mass is 10.3. The van der Waals surface area contributed by atoms with Crippen LogP contribution in [0.25, 0.3) is 0 Å². The molecule has 6 heteroatoms. The van der Waals surface area contributed by atoms with E-state index in [4.69, 9.17) is 5.73 Å². The number of rotatable bonds is 5. The highest BCUT2D eigenvalue weighted by molar-refractivity contribution is 5.76. The molecule has 1 amide bonds. The molecule has 0 aliphatic heterocycles. The Bertz CT molecular complexity index is 320. The van der Waals surface area contributed by atoms with Crippen LogP contribution in [-0.2, 0) is 11.3 Å². The minimum atomic E-state index is 0.0179. The molecule has 1 aromatic heterocycles. The zero-order valence-electron chi connectivity index (χ0n) is 9.08. The van der Waals surface area contributed by atoms with Crippen LogP contribution in [0.5, 0.6) is 0 Å². The fourth-order valence-electron chi connectivity index (χ4n) is 1.07. The van der Waals surface area contributed by atoms with Gasteiger partial charge in [-0.3, -0.25) is 9.89 Å². The second-order valence-electron chi connectivity index (χ2n) is 3.64. The molecular weight excluding hydrogens is 194 g/mol. The van der Waals surface area contributed by atoms with Gasteiger partial charge >= 0.3 is 0 Å². The molecule has 0 atom stereocenters. The van der Waals surface area contributed by atoms with Crippen LogP contribution in [0.4, 0.5) is 5.82 Å². The molecule has 0 saturated carbocycles. The largest absolute Gasteiger partial charge is 0.384 e. The van der Waals surface area contributed by atoms with Crippen molar-refractivity contribution in [2.75, 3.05) is 26.4 Å². The van der Waals surface area contributed by atoms with E-state index in [1.807, 2.05) is 19.0 Å². The minimum absolute atomic E-state index is 0.0179. The number of nitrogens with one attached hydrogen (secondary N) is 2. The van der Waals surface area contributed by atoms with E-state index in [0.717, 1.165) is 12.1 Å². The lowest BCUT2D eigenvalue weighted by Gasteiger charge is -2.09. The Labute approximate surface area is 88.8 Å². The maximum absolute atomic E-state index is 11.3. The fourth-order valence-corrected chi connectivity index (χ4v) is 1.07. The summed E-state index contributed by atoms with van der Waals surface area (Å²) in [6.07, 6.45) is 2.10. The molecule has 1 rings (SSSR count). The molecule has 15 heavy (non-hydrogen) atoms. The number of aromatic nitrogens is 2. The quantitative estimate of drug-likeness (QED) is 0.616. The summed E-state index contributed by atoms with van der Waals surface area (Å²) in [5, 5.41) is 9.15. The number of H-pyrrole nitrogens is 1. The minimum Gasteiger partial charge on any atom is -0.384 e. The molecule has 1 heterocycles. The predicted octanol–water partition coefficient (Wildman–Crippen LogP) is -0.440. The van der Waals surface area contributed by atoms with Gasteiger partial charge in [-0.2, -0.15) is 5.10 Å². The van der Waals surface area contributed by atoms with E-state index < -0.39 is 0 Å². The first-order valence-electron chi connectivity index (χ1n) is 4.78. The van der Waals surface area contributed by atoms with Gasteiger partial charge in [-0.1, -0.05) is 0 Å². The monoisotopic (exact) mass is 211 g/mol. The van der Waals surface area contributed by atoms with Crippen LogP contribution in [-0.4, -0.2) is 41.6 Å². The van der Waals surface area contributed by atoms with Crippen molar-refractivity contribution in [3.05, 3.63) is 11.8 Å². The highest BCUT2D eigenvalue weighted by Crippen LogP contribution is 2.04. The van der Waals surface area contributed by atoms with Gasteiger partial charge in [0.1, 0.15) is 5.82 Å². The van der Waals surface area contributed by atoms with Gasteiger partial charge in [0.2, 0.25) is 5.91 Å². The molecule has 0 bridgehead atoms. The number of anilines is 1. The van der Waals surface area contributed by atoms with Gasteiger partial charge in [0.15, 0.2) is 0 Å². The van der Waals surface area contributed by atoms with Crippen molar-refractivity contribution in [1.82, 2.24) is 20.4 Å². The van der Waals surface area contributed by atoms with E-state index in [2.05, 4.69) is 15.5 Å². The van der Waals surface area contributed by atoms with Crippen LogP contribution in [0.1, 0.15) is 12.0 Å². The smallest absolute Gasteiger partial charge is 0.221 e. The number of nitrogens with two attached hydrogens (primary N) is 1. The fraction of sp³-hybridized carbons (Fsp3) is 0.556. The Hall–Kier alpha value is -1.56. The van der Waals surface area contributed by atoms with Crippen LogP contribution in [0.15, 0.2) is 6.20 Å². The maximum atomic E-state index is 11.3. The summed E-state index contributed by atoms with van der Waals surface area (Å²) in [6.45, 7) is 1.17. The summed E-state index contributed by atoms with van der Waals surface area (Å²) in [6, 6.07) is 0. The molecule has 1 aromatic rings. The van der Waals surface area contributed by atoms with Gasteiger partial charge in [-0.05, 0) is 14.1 Å². The lowest BCUT2D eigenvalue weighted by Crippen LogP contribution is -2.27. The molecular formula is C9H17N5O. The molecule has 4 N–H and O–H groups in total. The zero-order chi connectivity index (χ0) is 11.3. The maximum Gasteiger partial charge on any atom is 0.221 e. The van der Waals surface area contributed by atoms with Gasteiger partial charge in [0.05, 0.1) is 6.20 Å². The average molecular weight is 211 g/mol. The standard InChI is InChI=1S/C9H17N5O/c1-14(2)4-3-8(15)11-5-7-6-12-13-9(7)10/h6H,3-5H2,1-2H3,(H,11,15)(H3,10,12,13). The summed E-state index contributed by atoms with van der Waals surface area (Å²) in [7, 11) is 3.86. The van der Waals surface area contributed by atoms with Crippen molar-refractivity contribution in [2.24, 2.45) is 0 Å². The first-order valence-corrected chi connectivity index (χ1v) is 4.78. The molecule has 84 valence electrons. The summed E-state index contributed by atoms with van der Waals surface area (Å²) in [5.41, 5.74) is 6.38. The summed E-state index contributed by atoms with van der Waals surface area (Å²) in [4.78, 5) is 13.3. The third-order valence-electron chi connectivity index (χ3n) is 2.01. The zero-order valence-corrected chi connectivity index (χ0v) is 9.08. The van der Waals surface area contributed by atoms with Gasteiger partial charge in [-0.15, -0.1) is 0 Å². The summed E-state index contributed by atoms with van der Waals surface area (Å²) in [5.74, 6) is 0.521. The SMILES string of the molecule is CN(C)CCC(=O)NCc1cn[nH]c1N. The Morgan fingerprint density at radius 3 is 2.93 bits per heavy atom. The molecule has 0 spiro atoms. The van der Waals surface area contributed by atoms with Crippen LogP contribution in [0.2, 0.25) is 0 Å². The lowest BCUT2D eigenvalue weighted by molar-refractivity contribution is -0.121. The van der Waals surface area contributed by atoms with Gasteiger partial charge in [0, 0.05) is 25.1 Å². The molecule has 0 radical (unpaired) electrons. The van der Waals surface area contributed by atoms with Crippen LogP contribution in [0, 0.1) is 0 Å². The van der Waals surface area contributed by atoms with Crippen molar-refractivity contribution < 1.29 is 4.79 Å². The molecule has 0 aromatic carbocycles. The van der Waals surface area contributed by atoms with Gasteiger partial charge in [-0.25, -0.2) is 0 Å². The van der Waals surface area contributed by atoms with E-state index in [1.165, 1.54) is 0 Å². The first kappa shape index (κ1) is 11.5. The van der Waals surface area contributed by atoms with Crippen molar-refractivity contribution in [2.45, 2.75) is 13.0 Å². The van der Waals surface area contributed by atoms with E-state index in [9.17, 15) is 4.79 Å². The van der Waals surface area contributed by atoms with Gasteiger partial charge in [0.25, 0.3) is 0 Å². The Morgan fingerprint density at radius 2 is 2.40 bits per heavy atom. The van der Waals surface area contributed by atoms with Crippen molar-refractivity contribution in [3.8, 4) is 0 Å². The number of nitrogen functional groups attached to an aromatic ring is 1. The van der Waals surface area contributed by atoms with Crippen molar-refractivity contribution in [1.29, 1.82) is 0 Å². The molecule has 0 unspecified atom stereocenters. The highest BCUT2D eigenvalue weighted by atomic mass is 16.1. The first-order chi connectivity index (χ1) is 7.09. The molecule has 0 aliphatic rings. The molecule has 0 fully saturated rings. The third-order valence-corrected chi connectivity index (χ3v) is 2.01. The van der Waals surface area contributed by atoms with Crippen molar-refractivity contribution in [3.63, 3.8) is 0 Å². The number of carbonyl (C=O) groups is 1. The normalized spacial score (nSPS) is 10.6. The number of hydrogen-bond donors (Lipinski definition) is 3. The number of carbonyl (C=O) groups excluding carboxylic acids is 1. The van der Waals surface area contributed by atoms with E-state index in [-0.39, 0.29) is 5.91 Å². The van der Waals surface area contributed by atoms with E-state index in [0.29, 0.717) is 18.8 Å².